The van der Waals surface area contributed by atoms with Crippen LogP contribution in [0.1, 0.15) is 30.6 Å². The molecule has 0 aromatic carbocycles. The average Bonchev–Trinajstić information content (AvgIpc) is 3.09. The van der Waals surface area contributed by atoms with E-state index in [4.69, 9.17) is 0 Å². The van der Waals surface area contributed by atoms with E-state index in [1.165, 1.54) is 25.6 Å². The van der Waals surface area contributed by atoms with Crippen molar-refractivity contribution < 1.29 is 13.2 Å². The van der Waals surface area contributed by atoms with Crippen LogP contribution in [0.25, 0.3) is 10.2 Å². The number of piperidine rings is 1. The molecule has 0 amide bonds. The van der Waals surface area contributed by atoms with Crippen LogP contribution in [0.4, 0.5) is 19.0 Å². The summed E-state index contributed by atoms with van der Waals surface area (Å²) in [6.07, 6.45) is 1.46. The maximum Gasteiger partial charge on any atom is 0.393 e. The molecule has 3 nitrogen and oxygen atoms in total. The fourth-order valence-corrected chi connectivity index (χ4v) is 5.07. The van der Waals surface area contributed by atoms with Gasteiger partial charge in [0.05, 0.1) is 11.8 Å². The summed E-state index contributed by atoms with van der Waals surface area (Å²) >= 11 is 1.12. The van der Waals surface area contributed by atoms with E-state index in [-0.39, 0.29) is 0 Å². The van der Waals surface area contributed by atoms with Crippen LogP contribution >= 0.6 is 11.3 Å². The van der Waals surface area contributed by atoms with E-state index in [0.717, 1.165) is 48.0 Å². The average molecular weight is 341 g/mol. The number of rotatable bonds is 2. The summed E-state index contributed by atoms with van der Waals surface area (Å²) in [4.78, 5) is 11.8. The zero-order valence-corrected chi connectivity index (χ0v) is 13.5. The van der Waals surface area contributed by atoms with Crippen LogP contribution < -0.4 is 4.90 Å². The van der Waals surface area contributed by atoms with Gasteiger partial charge in [0.1, 0.15) is 17.0 Å². The Balaban J connectivity index is 1.64. The Labute approximate surface area is 136 Å². The van der Waals surface area contributed by atoms with Crippen LogP contribution in [0.15, 0.2) is 12.4 Å². The minimum atomic E-state index is -4.18. The molecule has 3 heterocycles. The maximum atomic E-state index is 12.6. The minimum absolute atomic E-state index is 0.310. The Morgan fingerprint density at radius 1 is 1.17 bits per heavy atom. The zero-order valence-electron chi connectivity index (χ0n) is 12.6. The molecule has 2 aromatic heterocycles. The van der Waals surface area contributed by atoms with Gasteiger partial charge in [0.25, 0.3) is 0 Å². The van der Waals surface area contributed by atoms with Gasteiger partial charge in [-0.1, -0.05) is 12.8 Å². The van der Waals surface area contributed by atoms with Crippen LogP contribution in [0.5, 0.6) is 0 Å². The van der Waals surface area contributed by atoms with Crippen LogP contribution in [-0.2, 0) is 6.42 Å². The number of hydrogen-bond acceptors (Lipinski definition) is 4. The molecule has 0 radical (unpaired) electrons. The summed E-state index contributed by atoms with van der Waals surface area (Å²) in [5.74, 6) is 2.35. The molecule has 2 fully saturated rings. The molecule has 124 valence electrons. The highest BCUT2D eigenvalue weighted by molar-refractivity contribution is 7.18. The number of halogens is 3. The molecule has 0 spiro atoms. The zero-order chi connectivity index (χ0) is 16.0. The highest BCUT2D eigenvalue weighted by atomic mass is 32.1. The van der Waals surface area contributed by atoms with Crippen molar-refractivity contribution in [2.24, 2.45) is 11.8 Å². The van der Waals surface area contributed by atoms with Crippen molar-refractivity contribution in [2.45, 2.75) is 38.3 Å². The van der Waals surface area contributed by atoms with E-state index >= 15 is 0 Å². The molecular formula is C16H18F3N3S. The monoisotopic (exact) mass is 341 g/mol. The molecule has 0 unspecified atom stereocenters. The predicted molar refractivity (Wildman–Crippen MR) is 84.8 cm³/mol. The Kier molecular flexibility index (Phi) is 3.70. The lowest BCUT2D eigenvalue weighted by Crippen LogP contribution is -2.38. The number of thiophene rings is 1. The quantitative estimate of drug-likeness (QED) is 0.809. The molecule has 1 aliphatic carbocycles. The molecule has 1 saturated heterocycles. The lowest BCUT2D eigenvalue weighted by atomic mass is 9.88. The van der Waals surface area contributed by atoms with Crippen molar-refractivity contribution in [3.05, 3.63) is 17.3 Å². The Bertz CT molecular complexity index is 712. The van der Waals surface area contributed by atoms with Gasteiger partial charge in [-0.3, -0.25) is 0 Å². The van der Waals surface area contributed by atoms with Crippen molar-refractivity contribution in [1.29, 1.82) is 0 Å². The van der Waals surface area contributed by atoms with E-state index in [1.807, 2.05) is 0 Å². The van der Waals surface area contributed by atoms with Gasteiger partial charge in [-0.05, 0) is 30.7 Å². The topological polar surface area (TPSA) is 29.0 Å². The van der Waals surface area contributed by atoms with E-state index in [0.29, 0.717) is 15.6 Å². The van der Waals surface area contributed by atoms with Crippen molar-refractivity contribution >= 4 is 27.4 Å². The Hall–Kier alpha value is -1.37. The van der Waals surface area contributed by atoms with Crippen LogP contribution in [0, 0.1) is 11.8 Å². The fourth-order valence-electron chi connectivity index (χ4n) is 4.05. The van der Waals surface area contributed by atoms with E-state index < -0.39 is 12.6 Å². The number of anilines is 1. The third kappa shape index (κ3) is 3.03. The highest BCUT2D eigenvalue weighted by Gasteiger charge is 2.34. The summed E-state index contributed by atoms with van der Waals surface area (Å²) in [6.45, 7) is 1.92. The largest absolute Gasteiger partial charge is 0.393 e. The first kappa shape index (κ1) is 15.2. The number of nitrogens with zero attached hydrogens (tertiary/aromatic N) is 3. The lowest BCUT2D eigenvalue weighted by molar-refractivity contribution is -0.126. The molecule has 0 N–H and O–H groups in total. The Morgan fingerprint density at radius 2 is 2.00 bits per heavy atom. The lowest BCUT2D eigenvalue weighted by Gasteiger charge is -2.36. The summed E-state index contributed by atoms with van der Waals surface area (Å²) in [5.41, 5.74) is 0. The molecule has 7 heteroatoms. The van der Waals surface area contributed by atoms with Crippen LogP contribution in [-0.4, -0.2) is 29.2 Å². The molecule has 4 rings (SSSR count). The van der Waals surface area contributed by atoms with Gasteiger partial charge in [-0.15, -0.1) is 11.3 Å². The highest BCUT2D eigenvalue weighted by Crippen LogP contribution is 2.40. The Morgan fingerprint density at radius 3 is 2.83 bits per heavy atom. The van der Waals surface area contributed by atoms with Gasteiger partial charge >= 0.3 is 6.18 Å². The molecule has 0 bridgehead atoms. The SMILES string of the molecule is FC(F)(F)Cc1cc2c(N3CC[C@H]4CCC[C@H]4C3)ncnc2s1. The molecule has 1 aliphatic heterocycles. The number of alkyl halides is 3. The van der Waals surface area contributed by atoms with E-state index in [2.05, 4.69) is 14.9 Å². The van der Waals surface area contributed by atoms with Gasteiger partial charge in [0.15, 0.2) is 0 Å². The van der Waals surface area contributed by atoms with Crippen molar-refractivity contribution in [1.82, 2.24) is 9.97 Å². The third-order valence-corrected chi connectivity index (χ3v) is 6.12. The third-order valence-electron chi connectivity index (χ3n) is 5.07. The van der Waals surface area contributed by atoms with Gasteiger partial charge in [0.2, 0.25) is 0 Å². The molecule has 2 atom stereocenters. The first-order chi connectivity index (χ1) is 11.0. The smallest absolute Gasteiger partial charge is 0.356 e. The van der Waals surface area contributed by atoms with Gasteiger partial charge in [0, 0.05) is 18.0 Å². The predicted octanol–water partition coefficient (Wildman–Crippen LogP) is 4.42. The fraction of sp³-hybridized carbons (Fsp3) is 0.625. The molecule has 1 saturated carbocycles. The first-order valence-electron chi connectivity index (χ1n) is 8.05. The van der Waals surface area contributed by atoms with E-state index in [1.54, 1.807) is 6.07 Å². The van der Waals surface area contributed by atoms with Crippen molar-refractivity contribution in [3.63, 3.8) is 0 Å². The number of aromatic nitrogens is 2. The van der Waals surface area contributed by atoms with E-state index in [9.17, 15) is 13.2 Å². The second-order valence-corrected chi connectivity index (χ2v) is 7.72. The van der Waals surface area contributed by atoms with Crippen molar-refractivity contribution in [2.75, 3.05) is 18.0 Å². The minimum Gasteiger partial charge on any atom is -0.356 e. The van der Waals surface area contributed by atoms with Gasteiger partial charge < -0.3 is 4.90 Å². The molecule has 23 heavy (non-hydrogen) atoms. The summed E-state index contributed by atoms with van der Waals surface area (Å²) < 4.78 is 37.9. The molecular weight excluding hydrogens is 323 g/mol. The number of fused-ring (bicyclic) bond motifs is 2. The summed E-state index contributed by atoms with van der Waals surface area (Å²) in [6, 6.07) is 1.63. The molecule has 2 aromatic rings. The van der Waals surface area contributed by atoms with Crippen LogP contribution in [0.2, 0.25) is 0 Å². The first-order valence-corrected chi connectivity index (χ1v) is 8.86. The molecule has 2 aliphatic rings. The summed E-state index contributed by atoms with van der Waals surface area (Å²) in [5, 5.41) is 0.771. The van der Waals surface area contributed by atoms with Gasteiger partial charge in [-0.2, -0.15) is 13.2 Å². The van der Waals surface area contributed by atoms with Crippen molar-refractivity contribution in [3.8, 4) is 0 Å². The second kappa shape index (κ2) is 5.61. The summed E-state index contributed by atoms with van der Waals surface area (Å²) in [7, 11) is 0. The maximum absolute atomic E-state index is 12.6. The standard InChI is InChI=1S/C16H18F3N3S/c17-16(18,19)7-12-6-13-14(20-9-21-15(13)23-12)22-5-4-10-2-1-3-11(10)8-22/h6,9-11H,1-5,7-8H2/t10-,11+/m1/s1. The number of hydrogen-bond donors (Lipinski definition) is 0. The normalized spacial score (nSPS) is 25.1. The van der Waals surface area contributed by atoms with Gasteiger partial charge in [-0.25, -0.2) is 9.97 Å². The van der Waals surface area contributed by atoms with Crippen LogP contribution in [0.3, 0.4) is 0 Å². The second-order valence-electron chi connectivity index (χ2n) is 6.61.